The first-order chi connectivity index (χ1) is 10.7. The van der Waals surface area contributed by atoms with Crippen molar-refractivity contribution in [3.63, 3.8) is 0 Å². The molecule has 0 aliphatic heterocycles. The lowest BCUT2D eigenvalue weighted by Crippen LogP contribution is -2.09. The molecule has 1 heterocycles. The van der Waals surface area contributed by atoms with Crippen LogP contribution in [0.3, 0.4) is 0 Å². The van der Waals surface area contributed by atoms with Gasteiger partial charge >= 0.3 is 0 Å². The minimum absolute atomic E-state index is 0.240. The van der Waals surface area contributed by atoms with Crippen LogP contribution in [0.5, 0.6) is 11.5 Å². The normalized spacial score (nSPS) is 10.6. The van der Waals surface area contributed by atoms with Crippen LogP contribution in [0.15, 0.2) is 42.5 Å². The van der Waals surface area contributed by atoms with Crippen LogP contribution in [0.25, 0.3) is 10.2 Å². The maximum atomic E-state index is 11.3. The molecule has 1 amide bonds. The smallest absolute Gasteiger partial charge is 0.277 e. The lowest BCUT2D eigenvalue weighted by atomic mass is 10.2. The zero-order valence-corrected chi connectivity index (χ0v) is 12.7. The SMILES string of the molecule is COc1ccc(OCc2ccccc2)c2sc(C(N)=O)nc12. The Morgan fingerprint density at radius 1 is 1.18 bits per heavy atom. The summed E-state index contributed by atoms with van der Waals surface area (Å²) in [6.07, 6.45) is 0. The molecule has 2 aromatic carbocycles. The van der Waals surface area contributed by atoms with E-state index in [4.69, 9.17) is 15.2 Å². The van der Waals surface area contributed by atoms with E-state index in [9.17, 15) is 4.79 Å². The van der Waals surface area contributed by atoms with E-state index >= 15 is 0 Å². The zero-order valence-electron chi connectivity index (χ0n) is 11.9. The Labute approximate surface area is 131 Å². The number of rotatable bonds is 5. The van der Waals surface area contributed by atoms with Crippen molar-refractivity contribution >= 4 is 27.5 Å². The summed E-state index contributed by atoms with van der Waals surface area (Å²) in [5.74, 6) is 0.688. The number of hydrogen-bond acceptors (Lipinski definition) is 5. The molecule has 6 heteroatoms. The fourth-order valence-electron chi connectivity index (χ4n) is 2.08. The van der Waals surface area contributed by atoms with Gasteiger partial charge in [0.25, 0.3) is 5.91 Å². The van der Waals surface area contributed by atoms with Crippen molar-refractivity contribution in [3.05, 3.63) is 53.0 Å². The summed E-state index contributed by atoms with van der Waals surface area (Å²) in [5, 5.41) is 0.240. The molecule has 2 N–H and O–H groups in total. The number of benzene rings is 2. The van der Waals surface area contributed by atoms with E-state index in [0.29, 0.717) is 23.6 Å². The molecule has 0 saturated carbocycles. The number of nitrogens with two attached hydrogens (primary N) is 1. The Morgan fingerprint density at radius 3 is 2.59 bits per heavy atom. The molecule has 0 aliphatic rings. The molecule has 0 radical (unpaired) electrons. The van der Waals surface area contributed by atoms with Crippen molar-refractivity contribution in [2.45, 2.75) is 6.61 Å². The number of nitrogens with zero attached hydrogens (tertiary/aromatic N) is 1. The van der Waals surface area contributed by atoms with Crippen molar-refractivity contribution in [1.29, 1.82) is 0 Å². The van der Waals surface area contributed by atoms with E-state index in [1.807, 2.05) is 36.4 Å². The molecule has 5 nitrogen and oxygen atoms in total. The number of carbonyl (C=O) groups excluding carboxylic acids is 1. The quantitative estimate of drug-likeness (QED) is 0.785. The Morgan fingerprint density at radius 2 is 1.91 bits per heavy atom. The van der Waals surface area contributed by atoms with E-state index < -0.39 is 5.91 Å². The Kier molecular flexibility index (Phi) is 3.93. The van der Waals surface area contributed by atoms with E-state index in [2.05, 4.69) is 4.98 Å². The fraction of sp³-hybridized carbons (Fsp3) is 0.125. The summed E-state index contributed by atoms with van der Waals surface area (Å²) >= 11 is 1.21. The Hall–Kier alpha value is -2.60. The molecular weight excluding hydrogens is 300 g/mol. The first-order valence-electron chi connectivity index (χ1n) is 6.63. The summed E-state index contributed by atoms with van der Waals surface area (Å²) in [5.41, 5.74) is 6.96. The maximum absolute atomic E-state index is 11.3. The Bertz CT molecular complexity index is 815. The number of fused-ring (bicyclic) bond motifs is 1. The monoisotopic (exact) mass is 314 g/mol. The van der Waals surface area contributed by atoms with E-state index in [1.54, 1.807) is 13.2 Å². The number of methoxy groups -OCH3 is 1. The highest BCUT2D eigenvalue weighted by molar-refractivity contribution is 7.20. The molecule has 3 rings (SSSR count). The summed E-state index contributed by atoms with van der Waals surface area (Å²) in [4.78, 5) is 15.6. The summed E-state index contributed by atoms with van der Waals surface area (Å²) in [6.45, 7) is 0.437. The predicted octanol–water partition coefficient (Wildman–Crippen LogP) is 2.98. The first-order valence-corrected chi connectivity index (χ1v) is 7.44. The molecule has 22 heavy (non-hydrogen) atoms. The fourth-order valence-corrected chi connectivity index (χ4v) is 2.98. The second-order valence-electron chi connectivity index (χ2n) is 4.60. The average molecular weight is 314 g/mol. The molecular formula is C16H14N2O3S. The summed E-state index contributed by atoms with van der Waals surface area (Å²) < 4.78 is 11.9. The standard InChI is InChI=1S/C16H14N2O3S/c1-20-11-7-8-12(21-9-10-5-3-2-4-6-10)14-13(11)18-16(22-14)15(17)19/h2-8H,9H2,1H3,(H2,17,19). The number of thiazole rings is 1. The van der Waals surface area contributed by atoms with Gasteiger partial charge in [0.1, 0.15) is 28.3 Å². The van der Waals surface area contributed by atoms with Crippen LogP contribution in [0.1, 0.15) is 15.4 Å². The van der Waals surface area contributed by atoms with Gasteiger partial charge in [0.2, 0.25) is 0 Å². The van der Waals surface area contributed by atoms with Crippen molar-refractivity contribution < 1.29 is 14.3 Å². The molecule has 0 bridgehead atoms. The summed E-state index contributed by atoms with van der Waals surface area (Å²) in [7, 11) is 1.56. The number of amides is 1. The highest BCUT2D eigenvalue weighted by Crippen LogP contribution is 2.37. The molecule has 0 aliphatic carbocycles. The van der Waals surface area contributed by atoms with Gasteiger partial charge in [-0.1, -0.05) is 30.3 Å². The molecule has 0 unspecified atom stereocenters. The number of carbonyl (C=O) groups is 1. The molecule has 0 atom stereocenters. The third-order valence-electron chi connectivity index (χ3n) is 3.14. The van der Waals surface area contributed by atoms with Crippen LogP contribution >= 0.6 is 11.3 Å². The average Bonchev–Trinajstić information content (AvgIpc) is 2.99. The molecule has 0 spiro atoms. The van der Waals surface area contributed by atoms with Crippen LogP contribution in [0.2, 0.25) is 0 Å². The van der Waals surface area contributed by atoms with Gasteiger partial charge in [0.05, 0.1) is 7.11 Å². The van der Waals surface area contributed by atoms with Gasteiger partial charge < -0.3 is 15.2 Å². The Balaban J connectivity index is 1.97. The third kappa shape index (κ3) is 2.73. The van der Waals surface area contributed by atoms with Crippen molar-refractivity contribution in [2.24, 2.45) is 5.73 Å². The number of aromatic nitrogens is 1. The van der Waals surface area contributed by atoms with Crippen molar-refractivity contribution in [1.82, 2.24) is 4.98 Å². The van der Waals surface area contributed by atoms with Crippen molar-refractivity contribution in [2.75, 3.05) is 7.11 Å². The molecule has 3 aromatic rings. The van der Waals surface area contributed by atoms with E-state index in [0.717, 1.165) is 10.3 Å². The van der Waals surface area contributed by atoms with Gasteiger partial charge in [-0.05, 0) is 17.7 Å². The minimum Gasteiger partial charge on any atom is -0.494 e. The highest BCUT2D eigenvalue weighted by Gasteiger charge is 2.16. The second kappa shape index (κ2) is 6.03. The maximum Gasteiger partial charge on any atom is 0.277 e. The number of hydrogen-bond donors (Lipinski definition) is 1. The zero-order chi connectivity index (χ0) is 15.5. The molecule has 1 aromatic heterocycles. The number of ether oxygens (including phenoxy) is 2. The number of primary amides is 1. The largest absolute Gasteiger partial charge is 0.494 e. The van der Waals surface area contributed by atoms with E-state index in [1.165, 1.54) is 11.3 Å². The lowest BCUT2D eigenvalue weighted by molar-refractivity contribution is 0.1000. The van der Waals surface area contributed by atoms with Gasteiger partial charge in [-0.25, -0.2) is 4.98 Å². The first kappa shape index (κ1) is 14.3. The van der Waals surface area contributed by atoms with E-state index in [-0.39, 0.29) is 5.01 Å². The van der Waals surface area contributed by atoms with Crippen molar-refractivity contribution in [3.8, 4) is 11.5 Å². The summed E-state index contributed by atoms with van der Waals surface area (Å²) in [6, 6.07) is 13.4. The van der Waals surface area contributed by atoms with Gasteiger partial charge in [0.15, 0.2) is 5.01 Å². The molecule has 0 saturated heterocycles. The molecule has 0 fully saturated rings. The van der Waals surface area contributed by atoms with Crippen LogP contribution in [0, 0.1) is 0 Å². The van der Waals surface area contributed by atoms with Crippen LogP contribution in [-0.4, -0.2) is 18.0 Å². The molecule has 112 valence electrons. The van der Waals surface area contributed by atoms with Gasteiger partial charge in [-0.2, -0.15) is 0 Å². The second-order valence-corrected chi connectivity index (χ2v) is 5.60. The minimum atomic E-state index is -0.558. The van der Waals surface area contributed by atoms with Gasteiger partial charge in [0, 0.05) is 0 Å². The lowest BCUT2D eigenvalue weighted by Gasteiger charge is -2.08. The highest BCUT2D eigenvalue weighted by atomic mass is 32.1. The third-order valence-corrected chi connectivity index (χ3v) is 4.22. The topological polar surface area (TPSA) is 74.4 Å². The van der Waals surface area contributed by atoms with Crippen LogP contribution in [-0.2, 0) is 6.61 Å². The van der Waals surface area contributed by atoms with Gasteiger partial charge in [-0.15, -0.1) is 11.3 Å². The predicted molar refractivity (Wildman–Crippen MR) is 85.5 cm³/mol. The van der Waals surface area contributed by atoms with Gasteiger partial charge in [-0.3, -0.25) is 4.79 Å². The van der Waals surface area contributed by atoms with Crippen LogP contribution in [0.4, 0.5) is 0 Å². The van der Waals surface area contributed by atoms with Crippen LogP contribution < -0.4 is 15.2 Å².